The fraction of sp³-hybridized carbons (Fsp3) is 0.391. The summed E-state index contributed by atoms with van der Waals surface area (Å²) in [5.74, 6) is 1.19. The monoisotopic (exact) mass is 445 g/mol. The smallest absolute Gasteiger partial charge is 0.321 e. The van der Waals surface area contributed by atoms with Crippen molar-refractivity contribution < 1.29 is 19.1 Å². The number of ether oxygens (including phenoxy) is 2. The van der Waals surface area contributed by atoms with E-state index in [9.17, 15) is 9.59 Å². The average Bonchev–Trinajstić information content (AvgIpc) is 2.79. The highest BCUT2D eigenvalue weighted by Crippen LogP contribution is 2.29. The molecule has 166 valence electrons. The Hall–Kier alpha value is -2.93. The molecule has 3 amide bonds. The lowest BCUT2D eigenvalue weighted by atomic mass is 9.85. The molecule has 0 aromatic heterocycles. The fourth-order valence-electron chi connectivity index (χ4n) is 3.69. The summed E-state index contributed by atoms with van der Waals surface area (Å²) in [6.45, 7) is 3.14. The van der Waals surface area contributed by atoms with Crippen molar-refractivity contribution in [3.63, 3.8) is 0 Å². The van der Waals surface area contributed by atoms with E-state index in [1.54, 1.807) is 61.6 Å². The molecule has 1 aliphatic heterocycles. The van der Waals surface area contributed by atoms with Gasteiger partial charge in [0.2, 0.25) is 5.91 Å². The molecule has 1 heterocycles. The number of methoxy groups -OCH3 is 2. The van der Waals surface area contributed by atoms with Crippen LogP contribution >= 0.6 is 11.6 Å². The van der Waals surface area contributed by atoms with Crippen LogP contribution in [0.15, 0.2) is 42.5 Å². The Morgan fingerprint density at radius 2 is 1.55 bits per heavy atom. The van der Waals surface area contributed by atoms with Crippen LogP contribution in [0, 0.1) is 11.8 Å². The van der Waals surface area contributed by atoms with Crippen molar-refractivity contribution in [2.24, 2.45) is 11.8 Å². The zero-order chi connectivity index (χ0) is 22.4. The summed E-state index contributed by atoms with van der Waals surface area (Å²) in [6.07, 6.45) is 1.54. The van der Waals surface area contributed by atoms with E-state index in [0.717, 1.165) is 12.8 Å². The van der Waals surface area contributed by atoms with Crippen LogP contribution in [0.4, 0.5) is 16.2 Å². The molecule has 1 fully saturated rings. The predicted octanol–water partition coefficient (Wildman–Crippen LogP) is 4.88. The van der Waals surface area contributed by atoms with Crippen LogP contribution in [0.1, 0.15) is 19.8 Å². The summed E-state index contributed by atoms with van der Waals surface area (Å²) >= 11 is 5.88. The van der Waals surface area contributed by atoms with Crippen LogP contribution in [-0.2, 0) is 4.79 Å². The van der Waals surface area contributed by atoms with Crippen LogP contribution in [0.3, 0.4) is 0 Å². The summed E-state index contributed by atoms with van der Waals surface area (Å²) in [4.78, 5) is 27.1. The van der Waals surface area contributed by atoms with E-state index >= 15 is 0 Å². The minimum Gasteiger partial charge on any atom is -0.497 e. The number of hydrogen-bond acceptors (Lipinski definition) is 4. The Kier molecular flexibility index (Phi) is 7.63. The van der Waals surface area contributed by atoms with E-state index in [4.69, 9.17) is 21.1 Å². The Balaban J connectivity index is 1.52. The van der Waals surface area contributed by atoms with Crippen LogP contribution < -0.4 is 20.1 Å². The molecule has 0 unspecified atom stereocenters. The highest BCUT2D eigenvalue weighted by Gasteiger charge is 2.30. The molecule has 0 spiro atoms. The number of nitrogens with one attached hydrogen (secondary N) is 2. The number of carbonyl (C=O) groups is 2. The molecule has 1 saturated heterocycles. The first-order valence-corrected chi connectivity index (χ1v) is 10.6. The first-order valence-electron chi connectivity index (χ1n) is 10.2. The highest BCUT2D eigenvalue weighted by molar-refractivity contribution is 6.30. The summed E-state index contributed by atoms with van der Waals surface area (Å²) in [5, 5.41) is 6.47. The largest absolute Gasteiger partial charge is 0.497 e. The molecule has 7 nitrogen and oxygen atoms in total. The second kappa shape index (κ2) is 10.4. The number of amides is 3. The molecule has 0 aliphatic carbocycles. The van der Waals surface area contributed by atoms with E-state index in [0.29, 0.717) is 41.0 Å². The molecule has 3 rings (SSSR count). The van der Waals surface area contributed by atoms with Gasteiger partial charge in [0, 0.05) is 53.6 Å². The van der Waals surface area contributed by atoms with E-state index in [1.165, 1.54) is 0 Å². The highest BCUT2D eigenvalue weighted by atomic mass is 35.5. The third kappa shape index (κ3) is 6.04. The number of piperidine rings is 1. The zero-order valence-electron chi connectivity index (χ0n) is 18.0. The number of urea groups is 1. The van der Waals surface area contributed by atoms with E-state index in [1.807, 2.05) is 6.92 Å². The molecule has 1 atom stereocenters. The minimum absolute atomic E-state index is 0.0561. The maximum absolute atomic E-state index is 12.8. The predicted molar refractivity (Wildman–Crippen MR) is 122 cm³/mol. The molecular weight excluding hydrogens is 418 g/mol. The maximum Gasteiger partial charge on any atom is 0.321 e. The molecule has 0 bridgehead atoms. The third-order valence-corrected chi connectivity index (χ3v) is 5.91. The summed E-state index contributed by atoms with van der Waals surface area (Å²) in [5.41, 5.74) is 1.34. The summed E-state index contributed by atoms with van der Waals surface area (Å²) in [7, 11) is 3.14. The van der Waals surface area contributed by atoms with Crippen molar-refractivity contribution in [3.8, 4) is 11.5 Å². The molecule has 2 aromatic carbocycles. The van der Waals surface area contributed by atoms with Crippen molar-refractivity contribution in [2.45, 2.75) is 19.8 Å². The molecular formula is C23H28ClN3O4. The summed E-state index contributed by atoms with van der Waals surface area (Å²) < 4.78 is 10.5. The lowest BCUT2D eigenvalue weighted by Crippen LogP contribution is -2.43. The number of nitrogens with zero attached hydrogens (tertiary/aromatic N) is 1. The minimum atomic E-state index is -0.182. The second-order valence-electron chi connectivity index (χ2n) is 7.64. The van der Waals surface area contributed by atoms with Crippen molar-refractivity contribution >= 4 is 34.9 Å². The van der Waals surface area contributed by atoms with E-state index in [-0.39, 0.29) is 23.8 Å². The van der Waals surface area contributed by atoms with Crippen LogP contribution in [0.5, 0.6) is 11.5 Å². The standard InChI is InChI=1S/C23H28ClN3O4/c1-15(22(28)25-19-12-20(30-2)14-21(13-19)31-3)16-8-10-27(11-9-16)23(29)26-18-6-4-17(24)5-7-18/h4-7,12-16H,8-11H2,1-3H3,(H,25,28)(H,26,29)/t15-/m0/s1. The van der Waals surface area contributed by atoms with Gasteiger partial charge in [0.25, 0.3) is 0 Å². The molecule has 2 aromatic rings. The molecule has 2 N–H and O–H groups in total. The molecule has 1 aliphatic rings. The van der Waals surface area contributed by atoms with Crippen LogP contribution in [0.25, 0.3) is 0 Å². The Labute approximate surface area is 187 Å². The zero-order valence-corrected chi connectivity index (χ0v) is 18.7. The lowest BCUT2D eigenvalue weighted by Gasteiger charge is -2.34. The van der Waals surface area contributed by atoms with Crippen molar-refractivity contribution in [3.05, 3.63) is 47.5 Å². The van der Waals surface area contributed by atoms with Crippen LogP contribution in [0.2, 0.25) is 5.02 Å². The number of likely N-dealkylation sites (tertiary alicyclic amines) is 1. The average molecular weight is 446 g/mol. The normalized spacial score (nSPS) is 15.2. The molecule has 31 heavy (non-hydrogen) atoms. The fourth-order valence-corrected chi connectivity index (χ4v) is 3.81. The second-order valence-corrected chi connectivity index (χ2v) is 8.08. The quantitative estimate of drug-likeness (QED) is 0.664. The Bertz CT molecular complexity index is 889. The number of benzene rings is 2. The number of anilines is 2. The van der Waals surface area contributed by atoms with Gasteiger partial charge in [-0.1, -0.05) is 18.5 Å². The molecule has 0 saturated carbocycles. The Morgan fingerprint density at radius 3 is 2.10 bits per heavy atom. The van der Waals surface area contributed by atoms with Gasteiger partial charge in [-0.05, 0) is 43.0 Å². The van der Waals surface area contributed by atoms with Crippen LogP contribution in [-0.4, -0.2) is 44.1 Å². The summed E-state index contributed by atoms with van der Waals surface area (Å²) in [6, 6.07) is 12.2. The topological polar surface area (TPSA) is 79.9 Å². The number of rotatable bonds is 6. The number of halogens is 1. The molecule has 8 heteroatoms. The van der Waals surface area contributed by atoms with Gasteiger partial charge in [-0.25, -0.2) is 4.79 Å². The van der Waals surface area contributed by atoms with Gasteiger partial charge in [0.15, 0.2) is 0 Å². The van der Waals surface area contributed by atoms with Gasteiger partial charge in [0.1, 0.15) is 11.5 Å². The lowest BCUT2D eigenvalue weighted by molar-refractivity contribution is -0.121. The van der Waals surface area contributed by atoms with Crippen molar-refractivity contribution in [1.29, 1.82) is 0 Å². The van der Waals surface area contributed by atoms with Crippen molar-refractivity contribution in [2.75, 3.05) is 37.9 Å². The molecule has 0 radical (unpaired) electrons. The van der Waals surface area contributed by atoms with Gasteiger partial charge in [-0.15, -0.1) is 0 Å². The first-order chi connectivity index (χ1) is 14.9. The third-order valence-electron chi connectivity index (χ3n) is 5.66. The number of carbonyl (C=O) groups excluding carboxylic acids is 2. The maximum atomic E-state index is 12.8. The first kappa shape index (κ1) is 22.7. The van der Waals surface area contributed by atoms with E-state index in [2.05, 4.69) is 10.6 Å². The number of hydrogen-bond donors (Lipinski definition) is 2. The van der Waals surface area contributed by atoms with Gasteiger partial charge in [-0.2, -0.15) is 0 Å². The van der Waals surface area contributed by atoms with Gasteiger partial charge in [0.05, 0.1) is 14.2 Å². The van der Waals surface area contributed by atoms with Gasteiger partial charge < -0.3 is 25.0 Å². The van der Waals surface area contributed by atoms with Gasteiger partial charge >= 0.3 is 6.03 Å². The van der Waals surface area contributed by atoms with Crippen molar-refractivity contribution in [1.82, 2.24) is 4.90 Å². The SMILES string of the molecule is COc1cc(NC(=O)[C@@H](C)C2CCN(C(=O)Nc3ccc(Cl)cc3)CC2)cc(OC)c1. The van der Waals surface area contributed by atoms with E-state index < -0.39 is 0 Å². The Morgan fingerprint density at radius 1 is 0.968 bits per heavy atom. The van der Waals surface area contributed by atoms with Gasteiger partial charge in [-0.3, -0.25) is 4.79 Å².